The Labute approximate surface area is 117 Å². The molecule has 1 unspecified atom stereocenters. The van der Waals surface area contributed by atoms with E-state index >= 15 is 0 Å². The largest absolute Gasteiger partial charge is 0.325 e. The molecule has 0 aromatic heterocycles. The Morgan fingerprint density at radius 3 is 2.85 bits per heavy atom. The summed E-state index contributed by atoms with van der Waals surface area (Å²) < 4.78 is 13.2. The van der Waals surface area contributed by atoms with Gasteiger partial charge in [0.1, 0.15) is 11.9 Å². The average molecular weight is 276 g/mol. The standard InChI is InChI=1S/C14H17FN4O/c1-10(19-6-4-17-5-7-19)14(20)18-12-2-3-13(15)11(8-12)9-16/h2-3,8,10,17H,4-7H2,1H3,(H,18,20). The molecular formula is C14H17FN4O. The molecule has 1 atom stereocenters. The van der Waals surface area contributed by atoms with E-state index in [0.29, 0.717) is 5.69 Å². The molecule has 1 saturated heterocycles. The smallest absolute Gasteiger partial charge is 0.241 e. The topological polar surface area (TPSA) is 68.2 Å². The average Bonchev–Trinajstić information content (AvgIpc) is 2.49. The van der Waals surface area contributed by atoms with Crippen LogP contribution >= 0.6 is 0 Å². The number of carbonyl (C=O) groups is 1. The van der Waals surface area contributed by atoms with Crippen LogP contribution in [-0.2, 0) is 4.79 Å². The first kappa shape index (κ1) is 14.4. The molecular weight excluding hydrogens is 259 g/mol. The number of hydrogen-bond donors (Lipinski definition) is 2. The summed E-state index contributed by atoms with van der Waals surface area (Å²) in [5.74, 6) is -0.733. The molecule has 5 nitrogen and oxygen atoms in total. The molecule has 0 saturated carbocycles. The van der Waals surface area contributed by atoms with Crippen LogP contribution in [0, 0.1) is 17.1 Å². The van der Waals surface area contributed by atoms with Crippen molar-refractivity contribution in [2.75, 3.05) is 31.5 Å². The lowest BCUT2D eigenvalue weighted by Crippen LogP contribution is -2.51. The number of amides is 1. The van der Waals surface area contributed by atoms with Gasteiger partial charge in [0.15, 0.2) is 0 Å². The first-order valence-electron chi connectivity index (χ1n) is 6.57. The summed E-state index contributed by atoms with van der Waals surface area (Å²) in [4.78, 5) is 14.2. The number of benzene rings is 1. The van der Waals surface area contributed by atoms with Gasteiger partial charge < -0.3 is 10.6 Å². The number of hydrogen-bond acceptors (Lipinski definition) is 4. The molecule has 0 aliphatic carbocycles. The Kier molecular flexibility index (Phi) is 4.66. The molecule has 2 rings (SSSR count). The maximum atomic E-state index is 13.2. The fourth-order valence-corrected chi connectivity index (χ4v) is 2.17. The monoisotopic (exact) mass is 276 g/mol. The van der Waals surface area contributed by atoms with Crippen molar-refractivity contribution >= 4 is 11.6 Å². The molecule has 1 aromatic carbocycles. The van der Waals surface area contributed by atoms with Crippen molar-refractivity contribution < 1.29 is 9.18 Å². The number of rotatable bonds is 3. The SMILES string of the molecule is CC(C(=O)Nc1ccc(F)c(C#N)c1)N1CCNCC1. The van der Waals surface area contributed by atoms with Gasteiger partial charge in [-0.25, -0.2) is 4.39 Å². The summed E-state index contributed by atoms with van der Waals surface area (Å²) >= 11 is 0. The first-order chi connectivity index (χ1) is 9.61. The van der Waals surface area contributed by atoms with Crippen LogP contribution < -0.4 is 10.6 Å². The normalized spacial score (nSPS) is 17.2. The van der Waals surface area contributed by atoms with Gasteiger partial charge in [0.05, 0.1) is 11.6 Å². The number of nitrogens with one attached hydrogen (secondary N) is 2. The van der Waals surface area contributed by atoms with E-state index in [0.717, 1.165) is 26.2 Å². The lowest BCUT2D eigenvalue weighted by atomic mass is 10.2. The third-order valence-electron chi connectivity index (χ3n) is 3.43. The zero-order chi connectivity index (χ0) is 14.5. The quantitative estimate of drug-likeness (QED) is 0.862. The van der Waals surface area contributed by atoms with Crippen LogP contribution in [0.25, 0.3) is 0 Å². The van der Waals surface area contributed by atoms with Crippen LogP contribution in [0.5, 0.6) is 0 Å². The van der Waals surface area contributed by atoms with Crippen LogP contribution in [0.2, 0.25) is 0 Å². The van der Waals surface area contributed by atoms with E-state index in [1.54, 1.807) is 6.07 Å². The van der Waals surface area contributed by atoms with E-state index in [1.165, 1.54) is 18.2 Å². The van der Waals surface area contributed by atoms with Gasteiger partial charge in [0.2, 0.25) is 5.91 Å². The molecule has 1 heterocycles. The van der Waals surface area contributed by atoms with Gasteiger partial charge in [-0.2, -0.15) is 5.26 Å². The highest BCUT2D eigenvalue weighted by molar-refractivity contribution is 5.94. The number of nitrogens with zero attached hydrogens (tertiary/aromatic N) is 2. The van der Waals surface area contributed by atoms with Crippen molar-refractivity contribution in [3.8, 4) is 6.07 Å². The van der Waals surface area contributed by atoms with E-state index in [-0.39, 0.29) is 17.5 Å². The van der Waals surface area contributed by atoms with Crippen LogP contribution in [0.4, 0.5) is 10.1 Å². The Bertz CT molecular complexity index is 534. The van der Waals surface area contributed by atoms with Crippen molar-refractivity contribution in [2.45, 2.75) is 13.0 Å². The molecule has 2 N–H and O–H groups in total. The number of anilines is 1. The van der Waals surface area contributed by atoms with E-state index in [4.69, 9.17) is 5.26 Å². The predicted octanol–water partition coefficient (Wildman–Crippen LogP) is 0.930. The summed E-state index contributed by atoms with van der Waals surface area (Å²) in [6.07, 6.45) is 0. The Morgan fingerprint density at radius 1 is 1.50 bits per heavy atom. The van der Waals surface area contributed by atoms with Crippen molar-refractivity contribution in [2.24, 2.45) is 0 Å². The van der Waals surface area contributed by atoms with Gasteiger partial charge in [0.25, 0.3) is 0 Å². The fraction of sp³-hybridized carbons (Fsp3) is 0.429. The first-order valence-corrected chi connectivity index (χ1v) is 6.57. The molecule has 1 aliphatic rings. The zero-order valence-electron chi connectivity index (χ0n) is 11.3. The Morgan fingerprint density at radius 2 is 2.20 bits per heavy atom. The van der Waals surface area contributed by atoms with Gasteiger partial charge in [-0.05, 0) is 25.1 Å². The van der Waals surface area contributed by atoms with Gasteiger partial charge in [-0.15, -0.1) is 0 Å². The molecule has 0 spiro atoms. The van der Waals surface area contributed by atoms with E-state index < -0.39 is 5.82 Å². The summed E-state index contributed by atoms with van der Waals surface area (Å²) in [5, 5.41) is 14.7. The molecule has 106 valence electrons. The predicted molar refractivity (Wildman–Crippen MR) is 73.6 cm³/mol. The maximum Gasteiger partial charge on any atom is 0.241 e. The lowest BCUT2D eigenvalue weighted by molar-refractivity contribution is -0.120. The fourth-order valence-electron chi connectivity index (χ4n) is 2.17. The zero-order valence-corrected chi connectivity index (χ0v) is 11.3. The number of carbonyl (C=O) groups excluding carboxylic acids is 1. The second kappa shape index (κ2) is 6.46. The molecule has 20 heavy (non-hydrogen) atoms. The van der Waals surface area contributed by atoms with Crippen LogP contribution in [-0.4, -0.2) is 43.0 Å². The molecule has 0 bridgehead atoms. The Balaban J connectivity index is 2.02. The Hall–Kier alpha value is -1.97. The highest BCUT2D eigenvalue weighted by Gasteiger charge is 2.22. The van der Waals surface area contributed by atoms with E-state index in [1.807, 2.05) is 6.92 Å². The second-order valence-corrected chi connectivity index (χ2v) is 4.76. The number of nitriles is 1. The number of piperazine rings is 1. The third-order valence-corrected chi connectivity index (χ3v) is 3.43. The highest BCUT2D eigenvalue weighted by atomic mass is 19.1. The summed E-state index contributed by atoms with van der Waals surface area (Å²) in [5.41, 5.74) is 0.368. The summed E-state index contributed by atoms with van der Waals surface area (Å²) in [7, 11) is 0. The maximum absolute atomic E-state index is 13.2. The van der Waals surface area contributed by atoms with E-state index in [9.17, 15) is 9.18 Å². The van der Waals surface area contributed by atoms with Crippen molar-refractivity contribution in [3.05, 3.63) is 29.6 Å². The molecule has 1 aromatic rings. The van der Waals surface area contributed by atoms with Gasteiger partial charge in [0, 0.05) is 31.9 Å². The second-order valence-electron chi connectivity index (χ2n) is 4.76. The molecule has 1 aliphatic heterocycles. The lowest BCUT2D eigenvalue weighted by Gasteiger charge is -2.31. The van der Waals surface area contributed by atoms with Gasteiger partial charge in [-0.1, -0.05) is 0 Å². The van der Waals surface area contributed by atoms with Crippen molar-refractivity contribution in [1.29, 1.82) is 5.26 Å². The summed E-state index contributed by atoms with van der Waals surface area (Å²) in [6, 6.07) is 5.49. The minimum atomic E-state index is -0.583. The van der Waals surface area contributed by atoms with Crippen LogP contribution in [0.1, 0.15) is 12.5 Å². The van der Waals surface area contributed by atoms with Gasteiger partial charge >= 0.3 is 0 Å². The van der Waals surface area contributed by atoms with Gasteiger partial charge in [-0.3, -0.25) is 9.69 Å². The molecule has 6 heteroatoms. The summed E-state index contributed by atoms with van der Waals surface area (Å²) in [6.45, 7) is 5.22. The van der Waals surface area contributed by atoms with Crippen molar-refractivity contribution in [1.82, 2.24) is 10.2 Å². The third kappa shape index (κ3) is 3.32. The van der Waals surface area contributed by atoms with E-state index in [2.05, 4.69) is 15.5 Å². The highest BCUT2D eigenvalue weighted by Crippen LogP contribution is 2.15. The van der Waals surface area contributed by atoms with Crippen molar-refractivity contribution in [3.63, 3.8) is 0 Å². The molecule has 1 fully saturated rings. The molecule has 0 radical (unpaired) electrons. The van der Waals surface area contributed by atoms with Crippen LogP contribution in [0.15, 0.2) is 18.2 Å². The number of halogens is 1. The van der Waals surface area contributed by atoms with Crippen LogP contribution in [0.3, 0.4) is 0 Å². The minimum Gasteiger partial charge on any atom is -0.325 e. The molecule has 1 amide bonds. The minimum absolute atomic E-state index is 0.0716.